The van der Waals surface area contributed by atoms with Crippen molar-refractivity contribution in [1.29, 1.82) is 5.26 Å². The first-order chi connectivity index (χ1) is 14.1. The van der Waals surface area contributed by atoms with Crippen molar-refractivity contribution in [2.45, 2.75) is 52.9 Å². The van der Waals surface area contributed by atoms with Gasteiger partial charge in [-0.05, 0) is 46.3 Å². The highest BCUT2D eigenvalue weighted by atomic mass is 32.2. The molecule has 0 aliphatic carbocycles. The van der Waals surface area contributed by atoms with E-state index in [4.69, 9.17) is 17.0 Å². The monoisotopic (exact) mass is 446 g/mol. The van der Waals surface area contributed by atoms with Crippen LogP contribution in [0.15, 0.2) is 9.70 Å². The summed E-state index contributed by atoms with van der Waals surface area (Å²) in [5, 5.41) is 9.58. The summed E-state index contributed by atoms with van der Waals surface area (Å²) in [7, 11) is 1.67. The normalized spacial score (nSPS) is 23.6. The Morgan fingerprint density at radius 3 is 2.37 bits per heavy atom. The molecule has 1 aromatic rings. The molecule has 2 fully saturated rings. The summed E-state index contributed by atoms with van der Waals surface area (Å²) >= 11 is 6.65. The number of nitrogens with zero attached hydrogens (tertiary/aromatic N) is 4. The number of thiocarbonyl (C=S) groups is 1. The van der Waals surface area contributed by atoms with Gasteiger partial charge in [-0.2, -0.15) is 5.26 Å². The predicted octanol–water partition coefficient (Wildman–Crippen LogP) is 2.79. The first-order valence-electron chi connectivity index (χ1n) is 9.87. The highest BCUT2D eigenvalue weighted by Crippen LogP contribution is 2.37. The average Bonchev–Trinajstić information content (AvgIpc) is 2.93. The molecule has 0 aromatic carbocycles. The number of carbonyl (C=O) groups is 1. The molecule has 9 heteroatoms. The van der Waals surface area contributed by atoms with Gasteiger partial charge in [0, 0.05) is 31.7 Å². The van der Waals surface area contributed by atoms with Crippen molar-refractivity contribution in [1.82, 2.24) is 9.47 Å². The average molecular weight is 447 g/mol. The zero-order chi connectivity index (χ0) is 22.3. The van der Waals surface area contributed by atoms with Crippen molar-refractivity contribution in [2.75, 3.05) is 18.0 Å². The van der Waals surface area contributed by atoms with Crippen LogP contribution in [-0.2, 0) is 16.6 Å². The molecule has 0 radical (unpaired) electrons. The van der Waals surface area contributed by atoms with Gasteiger partial charge in [0.15, 0.2) is 0 Å². The van der Waals surface area contributed by atoms with Gasteiger partial charge in [0.2, 0.25) is 0 Å². The fraction of sp³-hybridized carbons (Fsp3) is 0.524. The van der Waals surface area contributed by atoms with Gasteiger partial charge in [-0.25, -0.2) is 0 Å². The van der Waals surface area contributed by atoms with E-state index in [2.05, 4.69) is 4.90 Å². The number of hydrogen-bond acceptors (Lipinski definition) is 7. The second kappa shape index (κ2) is 8.53. The van der Waals surface area contributed by atoms with E-state index in [1.807, 2.05) is 33.8 Å². The minimum absolute atomic E-state index is 0.00759. The van der Waals surface area contributed by atoms with Crippen molar-refractivity contribution < 1.29 is 9.53 Å². The van der Waals surface area contributed by atoms with Crippen LogP contribution < -0.4 is 10.5 Å². The molecule has 2 aliphatic rings. The van der Waals surface area contributed by atoms with E-state index >= 15 is 0 Å². The van der Waals surface area contributed by atoms with E-state index in [0.717, 1.165) is 0 Å². The van der Waals surface area contributed by atoms with Gasteiger partial charge in [0.1, 0.15) is 21.8 Å². The molecule has 3 rings (SSSR count). The first kappa shape index (κ1) is 22.5. The number of thioether (sulfide) groups is 1. The number of pyridine rings is 1. The van der Waals surface area contributed by atoms with E-state index in [9.17, 15) is 14.9 Å². The molecule has 0 N–H and O–H groups in total. The molecule has 7 nitrogen and oxygen atoms in total. The largest absolute Gasteiger partial charge is 0.372 e. The van der Waals surface area contributed by atoms with Crippen molar-refractivity contribution in [3.05, 3.63) is 31.9 Å². The third-order valence-corrected chi connectivity index (χ3v) is 6.63. The second-order valence-corrected chi connectivity index (χ2v) is 9.70. The minimum Gasteiger partial charge on any atom is -0.372 e. The number of ether oxygens (including phenoxy) is 1. The highest BCUT2D eigenvalue weighted by molar-refractivity contribution is 8.26. The van der Waals surface area contributed by atoms with Gasteiger partial charge >= 0.3 is 0 Å². The van der Waals surface area contributed by atoms with E-state index in [1.165, 1.54) is 16.3 Å². The van der Waals surface area contributed by atoms with Crippen LogP contribution in [0.25, 0.3) is 6.08 Å². The van der Waals surface area contributed by atoms with Crippen LogP contribution in [0.2, 0.25) is 0 Å². The maximum Gasteiger partial charge on any atom is 0.270 e. The molecule has 3 heterocycles. The van der Waals surface area contributed by atoms with E-state index in [0.29, 0.717) is 39.3 Å². The fourth-order valence-electron chi connectivity index (χ4n) is 4.00. The lowest BCUT2D eigenvalue weighted by Crippen LogP contribution is -2.47. The summed E-state index contributed by atoms with van der Waals surface area (Å²) in [5.74, 6) is 0.537. The number of morpholine rings is 1. The summed E-state index contributed by atoms with van der Waals surface area (Å²) in [6.07, 6.45) is 1.76. The Morgan fingerprint density at radius 1 is 1.27 bits per heavy atom. The van der Waals surface area contributed by atoms with Crippen LogP contribution in [0.3, 0.4) is 0 Å². The summed E-state index contributed by atoms with van der Waals surface area (Å²) in [6, 6.07) is 1.99. The maximum absolute atomic E-state index is 13.0. The smallest absolute Gasteiger partial charge is 0.270 e. The van der Waals surface area contributed by atoms with Gasteiger partial charge in [0.25, 0.3) is 11.5 Å². The molecule has 2 atom stereocenters. The predicted molar refractivity (Wildman–Crippen MR) is 124 cm³/mol. The zero-order valence-electron chi connectivity index (χ0n) is 18.1. The number of aromatic nitrogens is 1. The van der Waals surface area contributed by atoms with Crippen molar-refractivity contribution in [3.63, 3.8) is 0 Å². The molecule has 30 heavy (non-hydrogen) atoms. The molecular formula is C21H26N4O3S2. The molecule has 160 valence electrons. The Labute approximate surface area is 186 Å². The van der Waals surface area contributed by atoms with Crippen LogP contribution >= 0.6 is 24.0 Å². The van der Waals surface area contributed by atoms with Crippen LogP contribution in [0.1, 0.15) is 44.4 Å². The number of carbonyl (C=O) groups excluding carboxylic acids is 1. The van der Waals surface area contributed by atoms with Crippen LogP contribution in [-0.4, -0.2) is 51.0 Å². The van der Waals surface area contributed by atoms with Gasteiger partial charge in [-0.1, -0.05) is 24.0 Å². The summed E-state index contributed by atoms with van der Waals surface area (Å²) < 4.78 is 7.87. The molecule has 2 saturated heterocycles. The third-order valence-electron chi connectivity index (χ3n) is 5.30. The zero-order valence-corrected chi connectivity index (χ0v) is 19.7. The molecular weight excluding hydrogens is 420 g/mol. The Hall–Kier alpha value is -2.15. The first-order valence-corrected chi connectivity index (χ1v) is 11.1. The lowest BCUT2D eigenvalue weighted by Gasteiger charge is -2.38. The van der Waals surface area contributed by atoms with E-state index in [1.54, 1.807) is 24.9 Å². The molecule has 0 bridgehead atoms. The number of amides is 1. The minimum atomic E-state index is -0.344. The lowest BCUT2D eigenvalue weighted by molar-refractivity contribution is -0.123. The SMILES string of the molecule is Cc1c(/C=C2\SC(=S)N(C(C)C)C2=O)c(N2CC(C)OC(C)C2)n(C)c(=O)c1C#N. The van der Waals surface area contributed by atoms with Crippen molar-refractivity contribution >= 4 is 46.1 Å². The van der Waals surface area contributed by atoms with Crippen molar-refractivity contribution in [3.8, 4) is 6.07 Å². The maximum atomic E-state index is 13.0. The number of anilines is 1. The molecule has 1 amide bonds. The number of rotatable bonds is 3. The molecule has 2 aliphatic heterocycles. The topological polar surface area (TPSA) is 78.6 Å². The third kappa shape index (κ3) is 3.92. The number of nitriles is 1. The van der Waals surface area contributed by atoms with Crippen LogP contribution in [0.4, 0.5) is 5.82 Å². The van der Waals surface area contributed by atoms with Gasteiger partial charge < -0.3 is 9.64 Å². The van der Waals surface area contributed by atoms with Crippen LogP contribution in [0, 0.1) is 18.3 Å². The van der Waals surface area contributed by atoms with E-state index in [-0.39, 0.29) is 35.3 Å². The second-order valence-electron chi connectivity index (χ2n) is 8.02. The van der Waals surface area contributed by atoms with Gasteiger partial charge in [-0.15, -0.1) is 0 Å². The standard InChI is InChI=1S/C21H26N4O3S2/c1-11(2)25-20(27)17(30-21(25)29)7-15-14(5)16(8-22)19(26)23(6)18(15)24-9-12(3)28-13(4)10-24/h7,11-13H,9-10H2,1-6H3/b17-7-. The molecule has 0 spiro atoms. The lowest BCUT2D eigenvalue weighted by atomic mass is 10.0. The number of hydrogen-bond donors (Lipinski definition) is 0. The molecule has 2 unspecified atom stereocenters. The van der Waals surface area contributed by atoms with Crippen LogP contribution in [0.5, 0.6) is 0 Å². The molecule has 0 saturated carbocycles. The van der Waals surface area contributed by atoms with Gasteiger partial charge in [0.05, 0.1) is 17.1 Å². The summed E-state index contributed by atoms with van der Waals surface area (Å²) in [4.78, 5) is 30.0. The fourth-order valence-corrected chi connectivity index (χ4v) is 5.51. The quantitative estimate of drug-likeness (QED) is 0.522. The highest BCUT2D eigenvalue weighted by Gasteiger charge is 2.35. The Kier molecular flexibility index (Phi) is 6.41. The Balaban J connectivity index is 2.22. The Bertz CT molecular complexity index is 1030. The van der Waals surface area contributed by atoms with E-state index < -0.39 is 0 Å². The van der Waals surface area contributed by atoms with Gasteiger partial charge in [-0.3, -0.25) is 19.1 Å². The van der Waals surface area contributed by atoms with Crippen molar-refractivity contribution in [2.24, 2.45) is 7.05 Å². The Morgan fingerprint density at radius 2 is 1.87 bits per heavy atom. The summed E-state index contributed by atoms with van der Waals surface area (Å²) in [6.45, 7) is 10.8. The molecule has 1 aromatic heterocycles. The summed E-state index contributed by atoms with van der Waals surface area (Å²) in [5.41, 5.74) is 1.00.